The highest BCUT2D eigenvalue weighted by atomic mass is 32.2. The third-order valence-electron chi connectivity index (χ3n) is 6.06. The molecule has 0 radical (unpaired) electrons. The minimum atomic E-state index is -3.63. The number of ether oxygens (including phenoxy) is 1. The molecule has 0 aliphatic heterocycles. The van der Waals surface area contributed by atoms with Gasteiger partial charge in [0, 0.05) is 12.1 Å². The first-order chi connectivity index (χ1) is 18.6. The molecule has 41 heavy (non-hydrogen) atoms. The van der Waals surface area contributed by atoms with Crippen LogP contribution in [0.5, 0.6) is 5.75 Å². The van der Waals surface area contributed by atoms with Gasteiger partial charge in [-0.2, -0.15) is 0 Å². The first-order valence-corrected chi connectivity index (χ1v) is 14.8. The van der Waals surface area contributed by atoms with Crippen LogP contribution in [0.3, 0.4) is 0 Å². The second kappa shape index (κ2) is 12.4. The highest BCUT2D eigenvalue weighted by Crippen LogP contribution is 2.39. The molecule has 0 spiro atoms. The van der Waals surface area contributed by atoms with Gasteiger partial charge in [0.05, 0.1) is 30.4 Å². The van der Waals surface area contributed by atoms with Crippen molar-refractivity contribution in [3.05, 3.63) is 58.5 Å². The Bertz CT molecular complexity index is 1460. The maximum atomic E-state index is 13.4. The summed E-state index contributed by atoms with van der Waals surface area (Å²) in [6.07, 6.45) is 1.03. The van der Waals surface area contributed by atoms with Gasteiger partial charge in [-0.25, -0.2) is 19.3 Å². The van der Waals surface area contributed by atoms with Crippen LogP contribution in [-0.4, -0.2) is 40.1 Å². The lowest BCUT2D eigenvalue weighted by atomic mass is 9.86. The third kappa shape index (κ3) is 9.10. The van der Waals surface area contributed by atoms with E-state index in [0.29, 0.717) is 17.8 Å². The van der Waals surface area contributed by atoms with Crippen molar-refractivity contribution >= 4 is 38.9 Å². The zero-order valence-electron chi connectivity index (χ0n) is 25.4. The van der Waals surface area contributed by atoms with Gasteiger partial charge in [0.2, 0.25) is 15.8 Å². The molecule has 0 aliphatic rings. The van der Waals surface area contributed by atoms with Crippen molar-refractivity contribution in [1.29, 1.82) is 0 Å². The number of carbonyl (C=O) groups is 2. The van der Waals surface area contributed by atoms with Gasteiger partial charge >= 0.3 is 0 Å². The number of benzene rings is 2. The second-order valence-electron chi connectivity index (χ2n) is 12.2. The summed E-state index contributed by atoms with van der Waals surface area (Å²) < 4.78 is 32.0. The molecule has 10 N–H and O–H groups in total. The molecule has 13 heteroatoms. The lowest BCUT2D eigenvalue weighted by Gasteiger charge is -2.24. The number of quaternary nitrogens is 1. The average Bonchev–Trinajstić information content (AvgIpc) is 2.84. The van der Waals surface area contributed by atoms with Gasteiger partial charge in [0.1, 0.15) is 0 Å². The van der Waals surface area contributed by atoms with Crippen molar-refractivity contribution in [2.45, 2.75) is 53.9 Å². The summed E-state index contributed by atoms with van der Waals surface area (Å²) in [6, 6.07) is 8.28. The molecule has 226 valence electrons. The normalized spacial score (nSPS) is 12.8. The van der Waals surface area contributed by atoms with Gasteiger partial charge in [-0.3, -0.25) is 14.3 Å². The topological polar surface area (TPSA) is 197 Å². The fraction of sp³-hybridized carbons (Fsp3) is 0.429. The van der Waals surface area contributed by atoms with E-state index < -0.39 is 21.8 Å². The van der Waals surface area contributed by atoms with Crippen molar-refractivity contribution in [2.75, 3.05) is 35.0 Å². The quantitative estimate of drug-likeness (QED) is 0.145. The minimum absolute atomic E-state index is 0.0631. The van der Waals surface area contributed by atoms with Crippen LogP contribution in [0.1, 0.15) is 63.0 Å². The van der Waals surface area contributed by atoms with Gasteiger partial charge in [-0.15, -0.1) is 0 Å². The minimum Gasteiger partial charge on any atom is -0.492 e. The third-order valence-corrected chi connectivity index (χ3v) is 6.65. The van der Waals surface area contributed by atoms with Crippen LogP contribution in [0, 0.1) is 12.3 Å². The van der Waals surface area contributed by atoms with Crippen LogP contribution in [0.15, 0.2) is 41.8 Å². The number of nitrogens with two attached hydrogens (primary N) is 2. The molecular weight excluding hydrogens is 546 g/mol. The molecule has 2 aromatic carbocycles. The van der Waals surface area contributed by atoms with E-state index in [4.69, 9.17) is 16.3 Å². The standard InChI is InChI=1S/C28H43N7O5S/c1-16-10-11-17(12-21(16)35(31)24(30)22(29)26(37)32-15-27(2,3)4)25(36)33-19-13-18(28(5,6)7)14-20(23(19)40-8)34-41(9,38)39/h10-14,34H,15,29-31H2,1-9H3,(H,32,37)(H,33,36)/p+1. The van der Waals surface area contributed by atoms with Crippen LogP contribution < -0.4 is 42.4 Å². The van der Waals surface area contributed by atoms with Gasteiger partial charge in [0.25, 0.3) is 11.8 Å². The van der Waals surface area contributed by atoms with E-state index in [1.54, 1.807) is 37.3 Å². The summed E-state index contributed by atoms with van der Waals surface area (Å²) in [7, 11) is -2.25. The molecule has 0 fully saturated rings. The SMILES string of the molecule is COc1c(NC(=O)c2ccc(C)c(N(N)C([NH3+])=C(N)C(=O)NCC(C)(C)C)c2)cc(C(C)(C)C)cc1NS(C)(=O)=O. The van der Waals surface area contributed by atoms with E-state index in [0.717, 1.165) is 16.8 Å². The monoisotopic (exact) mass is 590 g/mol. The number of anilines is 3. The molecule has 12 nitrogen and oxygen atoms in total. The zero-order chi connectivity index (χ0) is 31.5. The van der Waals surface area contributed by atoms with Crippen molar-refractivity contribution in [2.24, 2.45) is 17.0 Å². The molecule has 0 atom stereocenters. The molecule has 0 bridgehead atoms. The predicted molar refractivity (Wildman–Crippen MR) is 163 cm³/mol. The Morgan fingerprint density at radius 2 is 1.63 bits per heavy atom. The summed E-state index contributed by atoms with van der Waals surface area (Å²) in [5, 5.41) is 6.75. The van der Waals surface area contributed by atoms with Gasteiger partial charge in [-0.1, -0.05) is 47.6 Å². The Labute approximate surface area is 242 Å². The zero-order valence-corrected chi connectivity index (χ0v) is 26.2. The number of hydrogen-bond acceptors (Lipinski definition) is 8. The van der Waals surface area contributed by atoms with Crippen LogP contribution in [0.4, 0.5) is 17.1 Å². The van der Waals surface area contributed by atoms with Gasteiger partial charge in [0.15, 0.2) is 11.4 Å². The molecule has 0 heterocycles. The first kappa shape index (κ1) is 33.4. The summed E-state index contributed by atoms with van der Waals surface area (Å²) >= 11 is 0. The molecule has 2 amide bonds. The smallest absolute Gasteiger partial charge is 0.275 e. The largest absolute Gasteiger partial charge is 0.492 e. The molecule has 0 saturated heterocycles. The van der Waals surface area contributed by atoms with E-state index in [2.05, 4.69) is 21.1 Å². The second-order valence-corrected chi connectivity index (χ2v) is 13.9. The number of nitrogens with zero attached hydrogens (tertiary/aromatic N) is 1. The maximum absolute atomic E-state index is 13.4. The molecular formula is C28H44N7O5S+. The van der Waals surface area contributed by atoms with Crippen LogP contribution in [0.2, 0.25) is 0 Å². The highest BCUT2D eigenvalue weighted by molar-refractivity contribution is 7.92. The molecule has 0 saturated carbocycles. The molecule has 0 aliphatic carbocycles. The Kier molecular flexibility index (Phi) is 10.1. The number of hydrogen-bond donors (Lipinski definition) is 6. The highest BCUT2D eigenvalue weighted by Gasteiger charge is 2.24. The summed E-state index contributed by atoms with van der Waals surface area (Å²) in [5.41, 5.74) is 11.9. The first-order valence-electron chi connectivity index (χ1n) is 12.9. The van der Waals surface area contributed by atoms with Crippen molar-refractivity contribution < 1.29 is 28.5 Å². The Balaban J connectivity index is 2.48. The van der Waals surface area contributed by atoms with E-state index in [1.807, 2.05) is 41.5 Å². The van der Waals surface area contributed by atoms with E-state index >= 15 is 0 Å². The van der Waals surface area contributed by atoms with Crippen LogP contribution >= 0.6 is 0 Å². The number of carbonyl (C=O) groups excluding carboxylic acids is 2. The number of aryl methyl sites for hydroxylation is 1. The summed E-state index contributed by atoms with van der Waals surface area (Å²) in [6.45, 7) is 14.0. The predicted octanol–water partition coefficient (Wildman–Crippen LogP) is 2.14. The van der Waals surface area contributed by atoms with E-state index in [1.165, 1.54) is 7.11 Å². The molecule has 0 aromatic heterocycles. The maximum Gasteiger partial charge on any atom is 0.275 e. The number of rotatable bonds is 9. The van der Waals surface area contributed by atoms with E-state index in [-0.39, 0.29) is 45.0 Å². The fourth-order valence-corrected chi connectivity index (χ4v) is 4.25. The van der Waals surface area contributed by atoms with Crippen molar-refractivity contribution in [1.82, 2.24) is 5.32 Å². The Hall–Kier alpha value is -3.81. The van der Waals surface area contributed by atoms with Crippen molar-refractivity contribution in [3.8, 4) is 5.75 Å². The van der Waals surface area contributed by atoms with Crippen molar-refractivity contribution in [3.63, 3.8) is 0 Å². The Morgan fingerprint density at radius 1 is 1.05 bits per heavy atom. The summed E-state index contributed by atoms with van der Waals surface area (Å²) in [4.78, 5) is 26.0. The fourth-order valence-electron chi connectivity index (χ4n) is 3.70. The number of methoxy groups -OCH3 is 1. The number of sulfonamides is 1. The molecule has 0 unspecified atom stereocenters. The van der Waals surface area contributed by atoms with Gasteiger partial charge < -0.3 is 26.8 Å². The number of hydrazine groups is 1. The molecule has 2 aromatic rings. The molecule has 2 rings (SSSR count). The lowest BCUT2D eigenvalue weighted by molar-refractivity contribution is -0.307. The number of nitrogens with one attached hydrogen (secondary N) is 3. The van der Waals surface area contributed by atoms with Crippen LogP contribution in [-0.2, 0) is 20.2 Å². The van der Waals surface area contributed by atoms with Gasteiger partial charge in [-0.05, 0) is 53.1 Å². The van der Waals surface area contributed by atoms with E-state index in [9.17, 15) is 18.0 Å². The number of amides is 2. The lowest BCUT2D eigenvalue weighted by Crippen LogP contribution is -2.61. The van der Waals surface area contributed by atoms with Crippen LogP contribution in [0.25, 0.3) is 0 Å². The summed E-state index contributed by atoms with van der Waals surface area (Å²) in [5.74, 6) is 5.52. The Morgan fingerprint density at radius 3 is 2.15 bits per heavy atom. The average molecular weight is 591 g/mol.